The maximum absolute atomic E-state index is 13.3. The second-order valence-electron chi connectivity index (χ2n) is 8.76. The fourth-order valence-electron chi connectivity index (χ4n) is 4.35. The van der Waals surface area contributed by atoms with Crippen LogP contribution >= 0.6 is 0 Å². The molecule has 1 aliphatic heterocycles. The molecule has 2 amide bonds. The van der Waals surface area contributed by atoms with Crippen molar-refractivity contribution in [2.45, 2.75) is 38.1 Å². The van der Waals surface area contributed by atoms with E-state index in [1.165, 1.54) is 24.3 Å². The van der Waals surface area contributed by atoms with Crippen LogP contribution in [-0.2, 0) is 19.3 Å². The maximum Gasteiger partial charge on any atom is 0.416 e. The van der Waals surface area contributed by atoms with Crippen LogP contribution in [0.15, 0.2) is 78.9 Å². The Kier molecular flexibility index (Phi) is 7.70. The van der Waals surface area contributed by atoms with Gasteiger partial charge >= 0.3 is 12.2 Å². The summed E-state index contributed by atoms with van der Waals surface area (Å²) >= 11 is 0. The van der Waals surface area contributed by atoms with Crippen molar-refractivity contribution in [2.75, 3.05) is 18.4 Å². The van der Waals surface area contributed by atoms with E-state index in [9.17, 15) is 22.4 Å². The first kappa shape index (κ1) is 24.7. The number of alkyl halides is 3. The van der Waals surface area contributed by atoms with Gasteiger partial charge in [-0.05, 0) is 54.3 Å². The van der Waals surface area contributed by atoms with E-state index >= 15 is 0 Å². The molecule has 0 saturated carbocycles. The summed E-state index contributed by atoms with van der Waals surface area (Å²) in [5.74, 6) is -0.268. The quantitative estimate of drug-likeness (QED) is 0.402. The third-order valence-corrected chi connectivity index (χ3v) is 6.22. The number of rotatable bonds is 6. The molecule has 1 aliphatic rings. The van der Waals surface area contributed by atoms with Crippen LogP contribution < -0.4 is 5.32 Å². The molecule has 184 valence electrons. The van der Waals surface area contributed by atoms with E-state index in [0.717, 1.165) is 49.2 Å². The lowest BCUT2D eigenvalue weighted by Gasteiger charge is -2.38. The minimum absolute atomic E-state index is 0.0644. The van der Waals surface area contributed by atoms with Crippen molar-refractivity contribution >= 4 is 11.7 Å². The van der Waals surface area contributed by atoms with Crippen LogP contribution in [0.5, 0.6) is 0 Å². The van der Waals surface area contributed by atoms with Gasteiger partial charge in [0.1, 0.15) is 5.82 Å². The molecule has 0 aromatic heterocycles. The van der Waals surface area contributed by atoms with Gasteiger partial charge in [0.15, 0.2) is 0 Å². The molecule has 4 nitrogen and oxygen atoms in total. The van der Waals surface area contributed by atoms with Gasteiger partial charge in [0, 0.05) is 37.9 Å². The second-order valence-corrected chi connectivity index (χ2v) is 8.76. The van der Waals surface area contributed by atoms with Crippen molar-refractivity contribution in [3.05, 3.63) is 101 Å². The summed E-state index contributed by atoms with van der Waals surface area (Å²) < 4.78 is 52.5. The average Bonchev–Trinajstić information content (AvgIpc) is 2.85. The molecule has 35 heavy (non-hydrogen) atoms. The van der Waals surface area contributed by atoms with Crippen LogP contribution in [0.2, 0.25) is 0 Å². The molecule has 1 fully saturated rings. The Balaban J connectivity index is 1.45. The molecule has 4 rings (SSSR count). The molecular weight excluding hydrogens is 458 g/mol. The van der Waals surface area contributed by atoms with Gasteiger partial charge in [-0.2, -0.15) is 13.2 Å². The Labute approximate surface area is 202 Å². The van der Waals surface area contributed by atoms with Crippen molar-refractivity contribution in [3.63, 3.8) is 0 Å². The summed E-state index contributed by atoms with van der Waals surface area (Å²) in [5.41, 5.74) is 1.27. The largest absolute Gasteiger partial charge is 0.416 e. The Morgan fingerprint density at radius 2 is 1.60 bits per heavy atom. The zero-order valence-corrected chi connectivity index (χ0v) is 19.1. The van der Waals surface area contributed by atoms with Gasteiger partial charge in [-0.1, -0.05) is 48.5 Å². The molecule has 0 aliphatic carbocycles. The number of carbonyl (C=O) groups is 1. The molecule has 1 N–H and O–H groups in total. The zero-order valence-electron chi connectivity index (χ0n) is 19.1. The van der Waals surface area contributed by atoms with E-state index in [1.807, 2.05) is 30.3 Å². The number of benzene rings is 3. The SMILES string of the molecule is O=C(Nc1cccc(C(F)(F)F)c1)N(Cc1ccccc1)C1CCN(Cc2ccc(F)cc2)CC1. The van der Waals surface area contributed by atoms with Crippen LogP contribution in [-0.4, -0.2) is 35.0 Å². The number of nitrogens with zero attached hydrogens (tertiary/aromatic N) is 2. The first-order chi connectivity index (χ1) is 16.8. The van der Waals surface area contributed by atoms with Crippen LogP contribution in [0.25, 0.3) is 0 Å². The molecule has 8 heteroatoms. The molecule has 0 bridgehead atoms. The first-order valence-electron chi connectivity index (χ1n) is 11.5. The monoisotopic (exact) mass is 485 g/mol. The highest BCUT2D eigenvalue weighted by atomic mass is 19.4. The molecule has 0 spiro atoms. The highest BCUT2D eigenvalue weighted by Gasteiger charge is 2.31. The maximum atomic E-state index is 13.3. The van der Waals surface area contributed by atoms with Crippen LogP contribution in [0.3, 0.4) is 0 Å². The van der Waals surface area contributed by atoms with Crippen molar-refractivity contribution < 1.29 is 22.4 Å². The number of urea groups is 1. The van der Waals surface area contributed by atoms with Crippen molar-refractivity contribution in [1.82, 2.24) is 9.80 Å². The lowest BCUT2D eigenvalue weighted by atomic mass is 10.0. The zero-order chi connectivity index (χ0) is 24.8. The van der Waals surface area contributed by atoms with Crippen molar-refractivity contribution in [1.29, 1.82) is 0 Å². The number of piperidine rings is 1. The van der Waals surface area contributed by atoms with Gasteiger partial charge in [0.25, 0.3) is 0 Å². The number of halogens is 4. The van der Waals surface area contributed by atoms with E-state index in [1.54, 1.807) is 17.0 Å². The lowest BCUT2D eigenvalue weighted by molar-refractivity contribution is -0.137. The van der Waals surface area contributed by atoms with E-state index in [0.29, 0.717) is 13.1 Å². The number of hydrogen-bond donors (Lipinski definition) is 1. The predicted octanol–water partition coefficient (Wildman–Crippen LogP) is 6.54. The number of hydrogen-bond acceptors (Lipinski definition) is 2. The molecule has 0 radical (unpaired) electrons. The minimum atomic E-state index is -4.48. The van der Waals surface area contributed by atoms with Crippen LogP contribution in [0.1, 0.15) is 29.5 Å². The number of nitrogens with one attached hydrogen (secondary N) is 1. The van der Waals surface area contributed by atoms with Crippen molar-refractivity contribution in [3.8, 4) is 0 Å². The summed E-state index contributed by atoms with van der Waals surface area (Å²) in [4.78, 5) is 17.2. The Morgan fingerprint density at radius 1 is 0.914 bits per heavy atom. The number of anilines is 1. The highest BCUT2D eigenvalue weighted by molar-refractivity contribution is 5.89. The first-order valence-corrected chi connectivity index (χ1v) is 11.5. The Morgan fingerprint density at radius 3 is 2.26 bits per heavy atom. The van der Waals surface area contributed by atoms with E-state index in [4.69, 9.17) is 0 Å². The average molecular weight is 486 g/mol. The molecule has 1 heterocycles. The summed E-state index contributed by atoms with van der Waals surface area (Å²) in [5, 5.41) is 2.67. The van der Waals surface area contributed by atoms with E-state index in [-0.39, 0.29) is 17.5 Å². The molecule has 0 unspecified atom stereocenters. The van der Waals surface area contributed by atoms with Gasteiger partial charge in [-0.15, -0.1) is 0 Å². The summed E-state index contributed by atoms with van der Waals surface area (Å²) in [6, 6.07) is 20.1. The van der Waals surface area contributed by atoms with Crippen molar-refractivity contribution in [2.24, 2.45) is 0 Å². The molecule has 1 saturated heterocycles. The van der Waals surface area contributed by atoms with Gasteiger partial charge in [0.2, 0.25) is 0 Å². The summed E-state index contributed by atoms with van der Waals surface area (Å²) in [6.45, 7) is 2.56. The normalized spacial score (nSPS) is 15.1. The topological polar surface area (TPSA) is 35.6 Å². The number of likely N-dealkylation sites (tertiary alicyclic amines) is 1. The van der Waals surface area contributed by atoms with Gasteiger partial charge in [0.05, 0.1) is 5.56 Å². The van der Waals surface area contributed by atoms with Crippen LogP contribution in [0, 0.1) is 5.82 Å². The summed E-state index contributed by atoms with van der Waals surface area (Å²) in [7, 11) is 0. The minimum Gasteiger partial charge on any atom is -0.317 e. The number of amides is 2. The third kappa shape index (κ3) is 6.82. The van der Waals surface area contributed by atoms with Gasteiger partial charge in [-0.25, -0.2) is 9.18 Å². The molecular formula is C27H27F4N3O. The number of carbonyl (C=O) groups excluding carboxylic acids is 1. The predicted molar refractivity (Wildman–Crippen MR) is 127 cm³/mol. The molecule has 0 atom stereocenters. The highest BCUT2D eigenvalue weighted by Crippen LogP contribution is 2.31. The smallest absolute Gasteiger partial charge is 0.317 e. The van der Waals surface area contributed by atoms with Gasteiger partial charge in [-0.3, -0.25) is 4.90 Å². The Bertz CT molecular complexity index is 1110. The third-order valence-electron chi connectivity index (χ3n) is 6.22. The van der Waals surface area contributed by atoms with E-state index < -0.39 is 17.8 Å². The lowest BCUT2D eigenvalue weighted by Crippen LogP contribution is -2.48. The van der Waals surface area contributed by atoms with Crippen LogP contribution in [0.4, 0.5) is 28.0 Å². The molecule has 3 aromatic rings. The summed E-state index contributed by atoms with van der Waals surface area (Å²) in [6.07, 6.45) is -3.03. The standard InChI is InChI=1S/C27H27F4N3O/c28-23-11-9-21(10-12-23)18-33-15-13-25(14-16-33)34(19-20-5-2-1-3-6-20)26(35)32-24-8-4-7-22(17-24)27(29,30)31/h1-12,17,25H,13-16,18-19H2,(H,32,35). The molecule has 3 aromatic carbocycles. The fourth-order valence-corrected chi connectivity index (χ4v) is 4.35. The van der Waals surface area contributed by atoms with Gasteiger partial charge < -0.3 is 10.2 Å². The Hall–Kier alpha value is -3.39. The van der Waals surface area contributed by atoms with E-state index in [2.05, 4.69) is 10.2 Å². The fraction of sp³-hybridized carbons (Fsp3) is 0.296. The second kappa shape index (κ2) is 10.9.